The average molecular weight is 305 g/mol. The third kappa shape index (κ3) is 2.17. The summed E-state index contributed by atoms with van der Waals surface area (Å²) in [5.74, 6) is 0.180. The lowest BCUT2D eigenvalue weighted by molar-refractivity contribution is 1.19. The standard InChI is InChI=1S/C14H10Cl2N4/c1-7-4-8(13-11(16)6-19-14(17)20-13)5-9-10(15)2-3-18-12(7)9/h2-6H,1H3,(H2,17,19,20). The predicted octanol–water partition coefficient (Wildman–Crippen LogP) is 3.89. The zero-order valence-corrected chi connectivity index (χ0v) is 12.1. The predicted molar refractivity (Wildman–Crippen MR) is 81.9 cm³/mol. The van der Waals surface area contributed by atoms with Crippen molar-refractivity contribution in [2.45, 2.75) is 6.92 Å². The number of pyridine rings is 1. The Morgan fingerprint density at radius 2 is 1.90 bits per heavy atom. The average Bonchev–Trinajstić information content (AvgIpc) is 2.42. The summed E-state index contributed by atoms with van der Waals surface area (Å²) < 4.78 is 0. The van der Waals surface area contributed by atoms with E-state index in [9.17, 15) is 0 Å². The van der Waals surface area contributed by atoms with E-state index in [2.05, 4.69) is 15.0 Å². The molecule has 4 nitrogen and oxygen atoms in total. The lowest BCUT2D eigenvalue weighted by Gasteiger charge is -2.09. The summed E-state index contributed by atoms with van der Waals surface area (Å²) in [4.78, 5) is 12.4. The molecule has 100 valence electrons. The van der Waals surface area contributed by atoms with Crippen LogP contribution >= 0.6 is 23.2 Å². The Balaban J connectivity index is 2.32. The lowest BCUT2D eigenvalue weighted by Crippen LogP contribution is -1.97. The molecule has 6 heteroatoms. The van der Waals surface area contributed by atoms with Gasteiger partial charge in [-0.05, 0) is 30.7 Å². The molecule has 1 aromatic carbocycles. The second-order valence-corrected chi connectivity index (χ2v) is 5.22. The number of hydrogen-bond donors (Lipinski definition) is 1. The molecule has 0 unspecified atom stereocenters. The zero-order chi connectivity index (χ0) is 14.3. The number of nitrogens with two attached hydrogens (primary N) is 1. The van der Waals surface area contributed by atoms with Crippen molar-refractivity contribution >= 4 is 40.1 Å². The van der Waals surface area contributed by atoms with Crippen LogP contribution in [0.15, 0.2) is 30.6 Å². The Morgan fingerprint density at radius 3 is 2.70 bits per heavy atom. The number of halogens is 2. The number of aromatic nitrogens is 3. The first kappa shape index (κ1) is 13.1. The van der Waals surface area contributed by atoms with Gasteiger partial charge in [-0.1, -0.05) is 23.2 Å². The largest absolute Gasteiger partial charge is 0.368 e. The van der Waals surface area contributed by atoms with Gasteiger partial charge in [0.15, 0.2) is 0 Å². The van der Waals surface area contributed by atoms with Crippen molar-refractivity contribution in [3.05, 3.63) is 46.2 Å². The van der Waals surface area contributed by atoms with E-state index in [1.165, 1.54) is 6.20 Å². The highest BCUT2D eigenvalue weighted by atomic mass is 35.5. The summed E-state index contributed by atoms with van der Waals surface area (Å²) in [6, 6.07) is 5.62. The van der Waals surface area contributed by atoms with Gasteiger partial charge in [0.05, 0.1) is 27.5 Å². The summed E-state index contributed by atoms with van der Waals surface area (Å²) in [7, 11) is 0. The van der Waals surface area contributed by atoms with E-state index in [1.54, 1.807) is 12.3 Å². The number of anilines is 1. The van der Waals surface area contributed by atoms with E-state index >= 15 is 0 Å². The van der Waals surface area contributed by atoms with Gasteiger partial charge in [0.25, 0.3) is 0 Å². The molecule has 0 amide bonds. The first-order valence-electron chi connectivity index (χ1n) is 5.89. The smallest absolute Gasteiger partial charge is 0.220 e. The molecule has 0 aliphatic carbocycles. The molecule has 3 rings (SSSR count). The molecule has 0 saturated heterocycles. The van der Waals surface area contributed by atoms with Crippen LogP contribution in [0.4, 0.5) is 5.95 Å². The minimum Gasteiger partial charge on any atom is -0.368 e. The van der Waals surface area contributed by atoms with Crippen molar-refractivity contribution in [1.29, 1.82) is 0 Å². The van der Waals surface area contributed by atoms with E-state index in [0.717, 1.165) is 22.0 Å². The summed E-state index contributed by atoms with van der Waals surface area (Å²) in [5, 5.41) is 1.94. The summed E-state index contributed by atoms with van der Waals surface area (Å²) >= 11 is 12.4. The first-order chi connectivity index (χ1) is 9.56. The number of rotatable bonds is 1. The van der Waals surface area contributed by atoms with Crippen LogP contribution in [0.3, 0.4) is 0 Å². The zero-order valence-electron chi connectivity index (χ0n) is 10.6. The van der Waals surface area contributed by atoms with Crippen LogP contribution in [-0.2, 0) is 0 Å². The van der Waals surface area contributed by atoms with Crippen LogP contribution < -0.4 is 5.73 Å². The third-order valence-electron chi connectivity index (χ3n) is 3.02. The molecule has 0 fully saturated rings. The van der Waals surface area contributed by atoms with E-state index in [-0.39, 0.29) is 5.95 Å². The highest BCUT2D eigenvalue weighted by Gasteiger charge is 2.11. The molecule has 0 atom stereocenters. The van der Waals surface area contributed by atoms with Crippen molar-refractivity contribution in [2.24, 2.45) is 0 Å². The Labute approximate surface area is 125 Å². The van der Waals surface area contributed by atoms with Crippen molar-refractivity contribution < 1.29 is 0 Å². The van der Waals surface area contributed by atoms with Crippen LogP contribution in [0.2, 0.25) is 10.0 Å². The van der Waals surface area contributed by atoms with Gasteiger partial charge < -0.3 is 5.73 Å². The summed E-state index contributed by atoms with van der Waals surface area (Å²) in [5.41, 5.74) is 8.90. The fraction of sp³-hybridized carbons (Fsp3) is 0.0714. The van der Waals surface area contributed by atoms with Crippen molar-refractivity contribution in [3.8, 4) is 11.3 Å². The highest BCUT2D eigenvalue weighted by Crippen LogP contribution is 2.32. The number of nitrogen functional groups attached to an aromatic ring is 1. The Hall–Kier alpha value is -1.91. The van der Waals surface area contributed by atoms with E-state index in [1.807, 2.05) is 19.1 Å². The second-order valence-electron chi connectivity index (χ2n) is 4.41. The van der Waals surface area contributed by atoms with Gasteiger partial charge in [-0.2, -0.15) is 0 Å². The lowest BCUT2D eigenvalue weighted by atomic mass is 10.0. The Kier molecular flexibility index (Phi) is 3.20. The Bertz CT molecular complexity index is 818. The van der Waals surface area contributed by atoms with Crippen molar-refractivity contribution in [2.75, 3.05) is 5.73 Å². The molecule has 0 spiro atoms. The van der Waals surface area contributed by atoms with E-state index in [0.29, 0.717) is 15.7 Å². The topological polar surface area (TPSA) is 64.7 Å². The quantitative estimate of drug-likeness (QED) is 0.740. The molecule has 0 radical (unpaired) electrons. The summed E-state index contributed by atoms with van der Waals surface area (Å²) in [6.07, 6.45) is 3.18. The number of fused-ring (bicyclic) bond motifs is 1. The highest BCUT2D eigenvalue weighted by molar-refractivity contribution is 6.35. The van der Waals surface area contributed by atoms with Crippen LogP contribution in [0.5, 0.6) is 0 Å². The fourth-order valence-electron chi connectivity index (χ4n) is 2.12. The minimum atomic E-state index is 0.180. The third-order valence-corrected chi connectivity index (χ3v) is 3.62. The van der Waals surface area contributed by atoms with Crippen molar-refractivity contribution in [1.82, 2.24) is 15.0 Å². The molecule has 20 heavy (non-hydrogen) atoms. The molecule has 2 aromatic heterocycles. The number of benzene rings is 1. The van der Waals surface area contributed by atoms with Gasteiger partial charge in [0, 0.05) is 17.1 Å². The second kappa shape index (κ2) is 4.89. The van der Waals surface area contributed by atoms with Gasteiger partial charge in [0.1, 0.15) is 0 Å². The monoisotopic (exact) mass is 304 g/mol. The maximum atomic E-state index is 6.23. The molecule has 2 heterocycles. The van der Waals surface area contributed by atoms with Gasteiger partial charge in [0.2, 0.25) is 5.95 Å². The van der Waals surface area contributed by atoms with Crippen LogP contribution in [0, 0.1) is 6.92 Å². The Morgan fingerprint density at radius 1 is 1.10 bits per heavy atom. The number of aryl methyl sites for hydroxylation is 1. The molecule has 0 aliphatic heterocycles. The molecule has 2 N–H and O–H groups in total. The molecular weight excluding hydrogens is 295 g/mol. The number of nitrogens with zero attached hydrogens (tertiary/aromatic N) is 3. The fourth-order valence-corrected chi connectivity index (χ4v) is 2.52. The SMILES string of the molecule is Cc1cc(-c2nc(N)ncc2Cl)cc2c(Cl)ccnc12. The van der Waals surface area contributed by atoms with Crippen LogP contribution in [-0.4, -0.2) is 15.0 Å². The van der Waals surface area contributed by atoms with Crippen LogP contribution in [0.25, 0.3) is 22.2 Å². The van der Waals surface area contributed by atoms with Crippen molar-refractivity contribution in [3.63, 3.8) is 0 Å². The molecule has 3 aromatic rings. The van der Waals surface area contributed by atoms with Gasteiger partial charge in [-0.15, -0.1) is 0 Å². The molecule has 0 aliphatic rings. The number of hydrogen-bond acceptors (Lipinski definition) is 4. The minimum absolute atomic E-state index is 0.180. The summed E-state index contributed by atoms with van der Waals surface area (Å²) in [6.45, 7) is 1.97. The molecule has 0 bridgehead atoms. The van der Waals surface area contributed by atoms with Gasteiger partial charge in [-0.25, -0.2) is 9.97 Å². The maximum Gasteiger partial charge on any atom is 0.220 e. The normalized spacial score (nSPS) is 10.9. The maximum absolute atomic E-state index is 6.23. The molecule has 0 saturated carbocycles. The van der Waals surface area contributed by atoms with Crippen LogP contribution in [0.1, 0.15) is 5.56 Å². The first-order valence-corrected chi connectivity index (χ1v) is 6.65. The van der Waals surface area contributed by atoms with Gasteiger partial charge >= 0.3 is 0 Å². The van der Waals surface area contributed by atoms with Gasteiger partial charge in [-0.3, -0.25) is 4.98 Å². The van der Waals surface area contributed by atoms with E-state index in [4.69, 9.17) is 28.9 Å². The molecular formula is C14H10Cl2N4. The van der Waals surface area contributed by atoms with E-state index < -0.39 is 0 Å².